The molecule has 8 heteroatoms. The lowest BCUT2D eigenvalue weighted by Crippen LogP contribution is -2.00. The predicted octanol–water partition coefficient (Wildman–Crippen LogP) is 13.0. The fraction of sp³-hybridized carbons (Fsp3) is 0. The van der Waals surface area contributed by atoms with Gasteiger partial charge in [0, 0.05) is 38.6 Å². The van der Waals surface area contributed by atoms with Gasteiger partial charge < -0.3 is 4.42 Å². The van der Waals surface area contributed by atoms with Gasteiger partial charge in [0.2, 0.25) is 0 Å². The molecule has 0 saturated carbocycles. The van der Waals surface area contributed by atoms with E-state index in [4.69, 9.17) is 29.3 Å². The summed E-state index contributed by atoms with van der Waals surface area (Å²) in [5, 5.41) is 3.89. The lowest BCUT2D eigenvalue weighted by Gasteiger charge is -2.11. The lowest BCUT2D eigenvalue weighted by atomic mass is 10.0. The fourth-order valence-electron chi connectivity index (χ4n) is 7.18. The molecule has 0 radical (unpaired) electrons. The van der Waals surface area contributed by atoms with Crippen LogP contribution in [0.15, 0.2) is 168 Å². The zero-order valence-corrected chi connectivity index (χ0v) is 30.7. The largest absolute Gasteiger partial charge is 0.455 e. The normalized spacial score (nSPS) is 11.6. The van der Waals surface area contributed by atoms with Crippen molar-refractivity contribution in [3.8, 4) is 66.4 Å². The van der Waals surface area contributed by atoms with Gasteiger partial charge in [-0.3, -0.25) is 0 Å². The molecule has 6 nitrogen and oxygen atoms in total. The van der Waals surface area contributed by atoms with Crippen LogP contribution in [-0.4, -0.2) is 24.9 Å². The number of hydrogen-bond donors (Lipinski definition) is 0. The number of benzene rings is 7. The van der Waals surface area contributed by atoms with Gasteiger partial charge >= 0.3 is 0 Å². The monoisotopic (exact) mass is 741 g/mol. The van der Waals surface area contributed by atoms with Gasteiger partial charge in [-0.1, -0.05) is 115 Å². The first kappa shape index (κ1) is 31.6. The maximum atomic E-state index is 6.81. The highest BCUT2D eigenvalue weighted by Crippen LogP contribution is 2.41. The Kier molecular flexibility index (Phi) is 7.43. The first-order valence-corrected chi connectivity index (χ1v) is 19.5. The molecule has 0 aliphatic heterocycles. The van der Waals surface area contributed by atoms with E-state index >= 15 is 0 Å². The van der Waals surface area contributed by atoms with Crippen LogP contribution in [0.2, 0.25) is 0 Å². The van der Waals surface area contributed by atoms with Crippen molar-refractivity contribution >= 4 is 65.0 Å². The van der Waals surface area contributed by atoms with E-state index in [1.54, 1.807) is 22.7 Å². The summed E-state index contributed by atoms with van der Waals surface area (Å²) in [6.45, 7) is 0. The van der Waals surface area contributed by atoms with Gasteiger partial charge in [0.1, 0.15) is 21.2 Å². The first-order valence-electron chi connectivity index (χ1n) is 17.9. The number of rotatable bonds is 6. The summed E-state index contributed by atoms with van der Waals surface area (Å²) in [6.07, 6.45) is 0. The van der Waals surface area contributed by atoms with Gasteiger partial charge in [-0.15, -0.1) is 22.7 Å². The fourth-order valence-corrected chi connectivity index (χ4v) is 9.08. The van der Waals surface area contributed by atoms with E-state index in [0.717, 1.165) is 91.3 Å². The Bertz CT molecular complexity index is 3060. The smallest absolute Gasteiger partial charge is 0.167 e. The van der Waals surface area contributed by atoms with Crippen molar-refractivity contribution in [3.05, 3.63) is 164 Å². The molecule has 55 heavy (non-hydrogen) atoms. The molecule has 0 aliphatic carbocycles. The maximum Gasteiger partial charge on any atom is 0.167 e. The van der Waals surface area contributed by atoms with Crippen LogP contribution in [0, 0.1) is 0 Å². The highest BCUT2D eigenvalue weighted by atomic mass is 32.1. The second-order valence-corrected chi connectivity index (χ2v) is 15.3. The highest BCUT2D eigenvalue weighted by molar-refractivity contribution is 7.22. The van der Waals surface area contributed by atoms with E-state index in [9.17, 15) is 0 Å². The summed E-state index contributed by atoms with van der Waals surface area (Å²) in [6, 6.07) is 55.8. The zero-order valence-electron chi connectivity index (χ0n) is 29.0. The Morgan fingerprint density at radius 1 is 0.345 bits per heavy atom. The van der Waals surface area contributed by atoms with E-state index in [1.165, 1.54) is 0 Å². The molecule has 0 aliphatic rings. The quantitative estimate of drug-likeness (QED) is 0.169. The second kappa shape index (κ2) is 12.9. The molecule has 4 heterocycles. The molecule has 0 fully saturated rings. The van der Waals surface area contributed by atoms with Gasteiger partial charge in [-0.05, 0) is 54.1 Å². The van der Waals surface area contributed by atoms with Gasteiger partial charge in [0.05, 0.1) is 26.0 Å². The summed E-state index contributed by atoms with van der Waals surface area (Å²) >= 11 is 3.34. The maximum absolute atomic E-state index is 6.81. The van der Waals surface area contributed by atoms with Crippen LogP contribution in [0.1, 0.15) is 0 Å². The molecule has 0 bridgehead atoms. The number of hydrogen-bond acceptors (Lipinski definition) is 8. The van der Waals surface area contributed by atoms with Gasteiger partial charge in [0.25, 0.3) is 0 Å². The first-order chi connectivity index (χ1) is 27.2. The summed E-state index contributed by atoms with van der Waals surface area (Å²) in [4.78, 5) is 25.6. The third-order valence-electron chi connectivity index (χ3n) is 9.79. The summed E-state index contributed by atoms with van der Waals surface area (Å²) in [7, 11) is 0. The Labute approximate surface area is 323 Å². The summed E-state index contributed by atoms with van der Waals surface area (Å²) < 4.78 is 9.08. The Morgan fingerprint density at radius 2 is 0.818 bits per heavy atom. The Balaban J connectivity index is 1.14. The number of furan rings is 1. The molecule has 0 spiro atoms. The summed E-state index contributed by atoms with van der Waals surface area (Å²) in [5.41, 5.74) is 10.1. The number of fused-ring (bicyclic) bond motifs is 5. The predicted molar refractivity (Wildman–Crippen MR) is 226 cm³/mol. The molecule has 258 valence electrons. The molecule has 7 aromatic carbocycles. The number of thiazole rings is 2. The molecular formula is C47H27N5OS2. The van der Waals surface area contributed by atoms with Gasteiger partial charge in [-0.2, -0.15) is 0 Å². The van der Waals surface area contributed by atoms with Crippen molar-refractivity contribution in [1.29, 1.82) is 0 Å². The minimum absolute atomic E-state index is 0.529. The van der Waals surface area contributed by atoms with Crippen molar-refractivity contribution < 1.29 is 4.42 Å². The van der Waals surface area contributed by atoms with E-state index in [2.05, 4.69) is 91.0 Å². The average molecular weight is 742 g/mol. The second-order valence-electron chi connectivity index (χ2n) is 13.3. The topological polar surface area (TPSA) is 77.6 Å². The minimum atomic E-state index is 0.529. The van der Waals surface area contributed by atoms with Crippen LogP contribution in [0.25, 0.3) is 109 Å². The van der Waals surface area contributed by atoms with Crippen molar-refractivity contribution in [2.45, 2.75) is 0 Å². The minimum Gasteiger partial charge on any atom is -0.455 e. The number of nitrogens with zero attached hydrogens (tertiary/aromatic N) is 5. The molecule has 0 amide bonds. The molecule has 4 aromatic heterocycles. The Hall–Kier alpha value is -6.87. The van der Waals surface area contributed by atoms with E-state index in [0.29, 0.717) is 17.5 Å². The molecular weight excluding hydrogens is 715 g/mol. The number of para-hydroxylation sites is 4. The van der Waals surface area contributed by atoms with Crippen LogP contribution >= 0.6 is 22.7 Å². The average Bonchev–Trinajstić information content (AvgIpc) is 4.00. The molecule has 11 aromatic rings. The van der Waals surface area contributed by atoms with Crippen molar-refractivity contribution in [2.75, 3.05) is 0 Å². The zero-order chi connectivity index (χ0) is 36.3. The van der Waals surface area contributed by atoms with Crippen molar-refractivity contribution in [2.24, 2.45) is 0 Å². The van der Waals surface area contributed by atoms with Crippen molar-refractivity contribution in [1.82, 2.24) is 24.9 Å². The lowest BCUT2D eigenvalue weighted by molar-refractivity contribution is 0.670. The van der Waals surface area contributed by atoms with E-state index in [1.807, 2.05) is 72.8 Å². The highest BCUT2D eigenvalue weighted by Gasteiger charge is 2.21. The van der Waals surface area contributed by atoms with Crippen molar-refractivity contribution in [3.63, 3.8) is 0 Å². The van der Waals surface area contributed by atoms with Crippen LogP contribution < -0.4 is 0 Å². The third-order valence-corrected chi connectivity index (χ3v) is 12.0. The molecule has 0 atom stereocenters. The van der Waals surface area contributed by atoms with Gasteiger partial charge in [0.15, 0.2) is 17.5 Å². The summed E-state index contributed by atoms with van der Waals surface area (Å²) in [5.74, 6) is 1.65. The molecule has 11 rings (SSSR count). The van der Waals surface area contributed by atoms with Crippen LogP contribution in [-0.2, 0) is 0 Å². The standard InChI is InChI=1S/C47H27N5OS2/c1-3-13-28(14-4-1)33-17-11-18-34-35-19-12-20-36(42(35)53-41(33)34)45-51-43(29-15-5-2-6-16-29)50-44(52-45)30-25-31(46-48-37-21-7-9-23-39(37)54-46)27-32(26-30)47-49-38-22-8-10-24-40(38)55-47/h1-27H. The van der Waals surface area contributed by atoms with Gasteiger partial charge in [-0.25, -0.2) is 24.9 Å². The van der Waals surface area contributed by atoms with E-state index in [-0.39, 0.29) is 0 Å². The van der Waals surface area contributed by atoms with Crippen LogP contribution in [0.3, 0.4) is 0 Å². The Morgan fingerprint density at radius 3 is 1.42 bits per heavy atom. The number of aromatic nitrogens is 5. The van der Waals surface area contributed by atoms with E-state index < -0.39 is 0 Å². The molecule has 0 unspecified atom stereocenters. The molecule has 0 saturated heterocycles. The molecule has 0 N–H and O–H groups in total. The van der Waals surface area contributed by atoms with Crippen LogP contribution in [0.4, 0.5) is 0 Å². The SMILES string of the molecule is c1ccc(-c2nc(-c3cc(-c4nc5ccccc5s4)cc(-c4nc5ccccc5s4)c3)nc(-c3cccc4c3oc3c(-c5ccccc5)cccc34)n2)cc1. The van der Waals surface area contributed by atoms with Crippen LogP contribution in [0.5, 0.6) is 0 Å². The third kappa shape index (κ3) is 5.58.